The molecule has 0 fully saturated rings. The number of pyridine rings is 1. The summed E-state index contributed by atoms with van der Waals surface area (Å²) in [5.74, 6) is -1.05. The second kappa shape index (κ2) is 5.87. The van der Waals surface area contributed by atoms with Gasteiger partial charge in [-0.1, -0.05) is 36.4 Å². The number of halogens is 3. The van der Waals surface area contributed by atoms with Crippen LogP contribution in [-0.4, -0.2) is 14.6 Å². The maximum absolute atomic E-state index is 13.1. The van der Waals surface area contributed by atoms with Crippen LogP contribution in [0.2, 0.25) is 0 Å². The van der Waals surface area contributed by atoms with Crippen molar-refractivity contribution < 1.29 is 13.2 Å². The van der Waals surface area contributed by atoms with Gasteiger partial charge in [-0.2, -0.15) is 13.2 Å². The molecule has 0 amide bonds. The summed E-state index contributed by atoms with van der Waals surface area (Å²) < 4.78 is 40.4. The van der Waals surface area contributed by atoms with E-state index < -0.39 is 12.0 Å². The van der Waals surface area contributed by atoms with Gasteiger partial charge in [-0.05, 0) is 46.5 Å². The molecule has 4 rings (SSSR count). The zero-order chi connectivity index (χ0) is 18.3. The lowest BCUT2D eigenvalue weighted by Gasteiger charge is -2.12. The van der Waals surface area contributed by atoms with Gasteiger partial charge in [0.05, 0.1) is 0 Å². The molecule has 0 saturated carbocycles. The van der Waals surface area contributed by atoms with Crippen molar-refractivity contribution in [3.8, 4) is 22.3 Å². The number of rotatable bonds is 2. The van der Waals surface area contributed by atoms with Gasteiger partial charge in [0.15, 0.2) is 5.65 Å². The molecule has 0 aliphatic heterocycles. The maximum atomic E-state index is 13.1. The van der Waals surface area contributed by atoms with Crippen LogP contribution in [0.25, 0.3) is 27.9 Å². The number of alkyl halides is 3. The molecular weight excluding hydrogens is 341 g/mol. The average Bonchev–Trinajstić information content (AvgIpc) is 3.06. The second-order valence-electron chi connectivity index (χ2n) is 5.84. The maximum Gasteiger partial charge on any atom is 0.452 e. The van der Waals surface area contributed by atoms with E-state index in [0.717, 1.165) is 21.1 Å². The topological polar surface area (TPSA) is 56.2 Å². The molecule has 0 atom stereocenters. The van der Waals surface area contributed by atoms with Crippen LogP contribution in [0.15, 0.2) is 66.9 Å². The lowest BCUT2D eigenvalue weighted by atomic mass is 9.95. The Morgan fingerprint density at radius 1 is 0.808 bits per heavy atom. The number of hydrogen-bond acceptors (Lipinski definition) is 3. The van der Waals surface area contributed by atoms with Crippen molar-refractivity contribution in [2.45, 2.75) is 6.18 Å². The Morgan fingerprint density at radius 2 is 1.58 bits per heavy atom. The smallest absolute Gasteiger partial charge is 0.399 e. The van der Waals surface area contributed by atoms with E-state index >= 15 is 0 Å². The van der Waals surface area contributed by atoms with Crippen LogP contribution in [0.1, 0.15) is 5.82 Å². The van der Waals surface area contributed by atoms with Crippen molar-refractivity contribution in [1.82, 2.24) is 14.6 Å². The normalized spacial score (nSPS) is 11.8. The average molecular weight is 354 g/mol. The highest BCUT2D eigenvalue weighted by molar-refractivity contribution is 5.85. The number of nitrogen functional groups attached to an aromatic ring is 1. The second-order valence-corrected chi connectivity index (χ2v) is 5.84. The van der Waals surface area contributed by atoms with Gasteiger partial charge < -0.3 is 5.73 Å². The molecule has 0 aliphatic rings. The van der Waals surface area contributed by atoms with Gasteiger partial charge in [-0.15, -0.1) is 10.2 Å². The molecule has 2 heterocycles. The van der Waals surface area contributed by atoms with Crippen molar-refractivity contribution >= 4 is 11.3 Å². The molecule has 0 saturated heterocycles. The van der Waals surface area contributed by atoms with E-state index in [4.69, 9.17) is 5.73 Å². The van der Waals surface area contributed by atoms with Gasteiger partial charge >= 0.3 is 6.18 Å². The highest BCUT2D eigenvalue weighted by Gasteiger charge is 2.36. The fraction of sp³-hybridized carbons (Fsp3) is 0.0526. The molecule has 2 aromatic carbocycles. The fourth-order valence-electron chi connectivity index (χ4n) is 2.91. The van der Waals surface area contributed by atoms with E-state index in [0.29, 0.717) is 11.3 Å². The predicted octanol–water partition coefficient (Wildman–Crippen LogP) is 4.66. The van der Waals surface area contributed by atoms with Crippen LogP contribution in [0.5, 0.6) is 0 Å². The predicted molar refractivity (Wildman–Crippen MR) is 93.3 cm³/mol. The fourth-order valence-corrected chi connectivity index (χ4v) is 2.91. The quantitative estimate of drug-likeness (QED) is 0.533. The lowest BCUT2D eigenvalue weighted by molar-refractivity contribution is -0.145. The minimum absolute atomic E-state index is 0.137. The number of hydrogen-bond donors (Lipinski definition) is 1. The third-order valence-corrected chi connectivity index (χ3v) is 4.10. The van der Waals surface area contributed by atoms with Crippen LogP contribution >= 0.6 is 0 Å². The van der Waals surface area contributed by atoms with E-state index in [-0.39, 0.29) is 5.65 Å². The summed E-state index contributed by atoms with van der Waals surface area (Å²) in [5.41, 5.74) is 9.79. The van der Waals surface area contributed by atoms with Crippen LogP contribution in [0.4, 0.5) is 18.9 Å². The Balaban J connectivity index is 1.94. The Kier molecular flexibility index (Phi) is 3.64. The standard InChI is InChI=1S/C19H13F3N4/c20-19(21,22)18-25-24-17-9-6-13(11-26(17)18)15-8-7-14(23)10-16(15)12-4-2-1-3-5-12/h1-11H,23H2. The molecule has 7 heteroatoms. The molecule has 4 nitrogen and oxygen atoms in total. The van der Waals surface area contributed by atoms with Crippen molar-refractivity contribution in [2.75, 3.05) is 5.73 Å². The zero-order valence-electron chi connectivity index (χ0n) is 13.4. The molecule has 0 radical (unpaired) electrons. The van der Waals surface area contributed by atoms with Crippen molar-refractivity contribution in [1.29, 1.82) is 0 Å². The minimum Gasteiger partial charge on any atom is -0.399 e. The molecule has 130 valence electrons. The first kappa shape index (κ1) is 16.1. The summed E-state index contributed by atoms with van der Waals surface area (Å²) in [7, 11) is 0. The molecule has 0 aliphatic carbocycles. The molecule has 2 N–H and O–H groups in total. The molecule has 0 bridgehead atoms. The summed E-state index contributed by atoms with van der Waals surface area (Å²) in [6.07, 6.45) is -3.18. The summed E-state index contributed by atoms with van der Waals surface area (Å²) in [4.78, 5) is 0. The van der Waals surface area contributed by atoms with Crippen molar-refractivity contribution in [3.05, 3.63) is 72.7 Å². The number of benzene rings is 2. The first-order valence-corrected chi connectivity index (χ1v) is 7.81. The zero-order valence-corrected chi connectivity index (χ0v) is 13.4. The van der Waals surface area contributed by atoms with Crippen LogP contribution in [0, 0.1) is 0 Å². The first-order chi connectivity index (χ1) is 12.4. The van der Waals surface area contributed by atoms with Crippen LogP contribution in [-0.2, 0) is 6.18 Å². The monoisotopic (exact) mass is 354 g/mol. The Hall–Kier alpha value is -3.35. The van der Waals surface area contributed by atoms with E-state index in [1.165, 1.54) is 12.3 Å². The summed E-state index contributed by atoms with van der Waals surface area (Å²) >= 11 is 0. The van der Waals surface area contributed by atoms with Crippen LogP contribution in [0.3, 0.4) is 0 Å². The number of anilines is 1. The van der Waals surface area contributed by atoms with E-state index in [2.05, 4.69) is 10.2 Å². The Labute approximate surface area is 146 Å². The lowest BCUT2D eigenvalue weighted by Crippen LogP contribution is -2.10. The number of nitrogens with zero attached hydrogens (tertiary/aromatic N) is 3. The number of nitrogens with two attached hydrogens (primary N) is 1. The van der Waals surface area contributed by atoms with Gasteiger partial charge in [0.1, 0.15) is 0 Å². The van der Waals surface area contributed by atoms with Gasteiger partial charge in [0, 0.05) is 11.9 Å². The molecule has 2 aromatic heterocycles. The highest BCUT2D eigenvalue weighted by atomic mass is 19.4. The van der Waals surface area contributed by atoms with E-state index in [1.54, 1.807) is 18.2 Å². The minimum atomic E-state index is -4.58. The number of aromatic nitrogens is 3. The Bertz CT molecular complexity index is 1090. The van der Waals surface area contributed by atoms with Gasteiger partial charge in [-0.3, -0.25) is 4.40 Å². The van der Waals surface area contributed by atoms with E-state index in [9.17, 15) is 13.2 Å². The largest absolute Gasteiger partial charge is 0.452 e. The molecular formula is C19H13F3N4. The summed E-state index contributed by atoms with van der Waals surface area (Å²) in [6, 6.07) is 18.1. The van der Waals surface area contributed by atoms with Gasteiger partial charge in [0.2, 0.25) is 5.82 Å². The SMILES string of the molecule is Nc1ccc(-c2ccc3nnc(C(F)(F)F)n3c2)c(-c2ccccc2)c1. The van der Waals surface area contributed by atoms with Crippen molar-refractivity contribution in [2.24, 2.45) is 0 Å². The van der Waals surface area contributed by atoms with Crippen molar-refractivity contribution in [3.63, 3.8) is 0 Å². The molecule has 26 heavy (non-hydrogen) atoms. The summed E-state index contributed by atoms with van der Waals surface area (Å²) in [5, 5.41) is 6.85. The Morgan fingerprint density at radius 3 is 2.31 bits per heavy atom. The first-order valence-electron chi connectivity index (χ1n) is 7.81. The molecule has 4 aromatic rings. The van der Waals surface area contributed by atoms with Gasteiger partial charge in [-0.25, -0.2) is 0 Å². The molecule has 0 spiro atoms. The summed E-state index contributed by atoms with van der Waals surface area (Å²) in [6.45, 7) is 0. The molecule has 0 unspecified atom stereocenters. The van der Waals surface area contributed by atoms with Crippen LogP contribution < -0.4 is 5.73 Å². The highest BCUT2D eigenvalue weighted by Crippen LogP contribution is 2.35. The van der Waals surface area contributed by atoms with E-state index in [1.807, 2.05) is 36.4 Å². The third-order valence-electron chi connectivity index (χ3n) is 4.10. The number of fused-ring (bicyclic) bond motifs is 1. The third kappa shape index (κ3) is 2.77. The van der Waals surface area contributed by atoms with Gasteiger partial charge in [0.25, 0.3) is 0 Å².